The van der Waals surface area contributed by atoms with Crippen LogP contribution < -0.4 is 5.32 Å². The second-order valence-corrected chi connectivity index (χ2v) is 6.34. The van der Waals surface area contributed by atoms with E-state index in [-0.39, 0.29) is 0 Å². The van der Waals surface area contributed by atoms with Gasteiger partial charge in [-0.05, 0) is 44.5 Å². The van der Waals surface area contributed by atoms with Gasteiger partial charge < -0.3 is 10.1 Å². The van der Waals surface area contributed by atoms with E-state index in [9.17, 15) is 4.79 Å². The van der Waals surface area contributed by atoms with E-state index >= 15 is 0 Å². The van der Waals surface area contributed by atoms with Gasteiger partial charge >= 0.3 is 6.09 Å². The Bertz CT molecular complexity index is 461. The maximum absolute atomic E-state index is 11.4. The molecule has 0 aliphatic heterocycles. The summed E-state index contributed by atoms with van der Waals surface area (Å²) in [5.74, 6) is 0. The summed E-state index contributed by atoms with van der Waals surface area (Å²) in [4.78, 5) is 11.4. The second-order valence-electron chi connectivity index (χ2n) is 4.99. The monoisotopic (exact) mass is 345 g/mol. The van der Waals surface area contributed by atoms with Crippen molar-refractivity contribution in [3.63, 3.8) is 0 Å². The molecular weight excluding hydrogens is 330 g/mol. The van der Waals surface area contributed by atoms with E-state index in [0.29, 0.717) is 11.6 Å². The predicted octanol–water partition coefficient (Wildman–Crippen LogP) is 4.64. The molecule has 1 N–H and O–H groups in total. The van der Waals surface area contributed by atoms with Crippen molar-refractivity contribution >= 4 is 39.7 Å². The highest BCUT2D eigenvalue weighted by atomic mass is 79.9. The summed E-state index contributed by atoms with van der Waals surface area (Å²) < 4.78 is 6.03. The van der Waals surface area contributed by atoms with Gasteiger partial charge in [-0.1, -0.05) is 39.7 Å². The zero-order valence-corrected chi connectivity index (χ0v) is 13.5. The Kier molecular flexibility index (Phi) is 5.88. The molecule has 0 spiro atoms. The summed E-state index contributed by atoms with van der Waals surface area (Å²) in [5, 5.41) is 3.31. The van der Waals surface area contributed by atoms with Crippen LogP contribution in [0.5, 0.6) is 0 Å². The lowest BCUT2D eigenvalue weighted by Crippen LogP contribution is -2.32. The molecule has 5 heteroatoms. The largest absolute Gasteiger partial charge is 0.444 e. The standard InChI is InChI=1S/C14H17BrClNO2/c1-14(2,3)19-13(18)17-6-4-5-10-7-11(15)9-12(16)8-10/h4-5,7-9H,6H2,1-3H3,(H,17,18). The molecule has 0 aliphatic rings. The number of benzene rings is 1. The summed E-state index contributed by atoms with van der Waals surface area (Å²) in [6, 6.07) is 5.60. The van der Waals surface area contributed by atoms with Crippen LogP contribution in [0.25, 0.3) is 6.08 Å². The molecule has 0 atom stereocenters. The molecule has 1 amide bonds. The Hall–Kier alpha value is -1.000. The number of carbonyl (C=O) groups excluding carboxylic acids is 1. The zero-order chi connectivity index (χ0) is 14.5. The van der Waals surface area contributed by atoms with E-state index in [0.717, 1.165) is 10.0 Å². The molecule has 1 aromatic rings. The Morgan fingerprint density at radius 1 is 1.42 bits per heavy atom. The van der Waals surface area contributed by atoms with Crippen molar-refractivity contribution in [1.82, 2.24) is 5.32 Å². The van der Waals surface area contributed by atoms with Crippen molar-refractivity contribution in [2.45, 2.75) is 26.4 Å². The molecular formula is C14H17BrClNO2. The molecule has 0 unspecified atom stereocenters. The molecule has 0 saturated carbocycles. The molecule has 0 aromatic heterocycles. The molecule has 0 aliphatic carbocycles. The smallest absolute Gasteiger partial charge is 0.407 e. The Morgan fingerprint density at radius 3 is 2.68 bits per heavy atom. The fraction of sp³-hybridized carbons (Fsp3) is 0.357. The molecule has 0 fully saturated rings. The van der Waals surface area contributed by atoms with Crippen molar-refractivity contribution in [2.75, 3.05) is 6.54 Å². The summed E-state index contributed by atoms with van der Waals surface area (Å²) in [6.45, 7) is 5.88. The van der Waals surface area contributed by atoms with E-state index < -0.39 is 11.7 Å². The van der Waals surface area contributed by atoms with Gasteiger partial charge in [-0.3, -0.25) is 0 Å². The second kappa shape index (κ2) is 6.96. The minimum Gasteiger partial charge on any atom is -0.444 e. The third-order valence-electron chi connectivity index (χ3n) is 1.96. The summed E-state index contributed by atoms with van der Waals surface area (Å²) in [6.07, 6.45) is 3.29. The molecule has 1 aromatic carbocycles. The number of hydrogen-bond acceptors (Lipinski definition) is 2. The summed E-state index contributed by atoms with van der Waals surface area (Å²) >= 11 is 9.30. The Morgan fingerprint density at radius 2 is 2.11 bits per heavy atom. The van der Waals surface area contributed by atoms with Crippen molar-refractivity contribution in [2.24, 2.45) is 0 Å². The highest BCUT2D eigenvalue weighted by molar-refractivity contribution is 9.10. The minimum atomic E-state index is -0.481. The highest BCUT2D eigenvalue weighted by Gasteiger charge is 2.14. The summed E-state index contributed by atoms with van der Waals surface area (Å²) in [5.41, 5.74) is 0.483. The average molecular weight is 347 g/mol. The first-order valence-electron chi connectivity index (χ1n) is 5.86. The number of halogens is 2. The topological polar surface area (TPSA) is 38.3 Å². The number of carbonyl (C=O) groups is 1. The molecule has 1 rings (SSSR count). The van der Waals surface area contributed by atoms with Crippen LogP contribution in [0.1, 0.15) is 26.3 Å². The Labute approximate surface area is 127 Å². The zero-order valence-electron chi connectivity index (χ0n) is 11.2. The highest BCUT2D eigenvalue weighted by Crippen LogP contribution is 2.20. The first-order chi connectivity index (χ1) is 8.76. The van der Waals surface area contributed by atoms with E-state index in [4.69, 9.17) is 16.3 Å². The molecule has 19 heavy (non-hydrogen) atoms. The first-order valence-corrected chi connectivity index (χ1v) is 7.03. The van der Waals surface area contributed by atoms with Crippen LogP contribution in [0, 0.1) is 0 Å². The van der Waals surface area contributed by atoms with Gasteiger partial charge in [0, 0.05) is 16.0 Å². The van der Waals surface area contributed by atoms with Crippen LogP contribution in [-0.2, 0) is 4.74 Å². The van der Waals surface area contributed by atoms with Crippen LogP contribution in [0.2, 0.25) is 5.02 Å². The lowest BCUT2D eigenvalue weighted by atomic mass is 10.2. The van der Waals surface area contributed by atoms with Crippen LogP contribution in [0.4, 0.5) is 4.79 Å². The van der Waals surface area contributed by atoms with Gasteiger partial charge in [-0.15, -0.1) is 0 Å². The van der Waals surface area contributed by atoms with Crippen LogP contribution in [0.3, 0.4) is 0 Å². The number of alkyl carbamates (subject to hydrolysis) is 1. The van der Waals surface area contributed by atoms with Gasteiger partial charge in [0.15, 0.2) is 0 Å². The SMILES string of the molecule is CC(C)(C)OC(=O)NCC=Cc1cc(Cl)cc(Br)c1. The summed E-state index contributed by atoms with van der Waals surface area (Å²) in [7, 11) is 0. The van der Waals surface area contributed by atoms with Gasteiger partial charge in [0.05, 0.1) is 0 Å². The van der Waals surface area contributed by atoms with E-state index in [1.54, 1.807) is 0 Å². The van der Waals surface area contributed by atoms with E-state index in [1.807, 2.05) is 51.1 Å². The van der Waals surface area contributed by atoms with E-state index in [1.165, 1.54) is 0 Å². The molecule has 0 heterocycles. The molecule has 104 valence electrons. The van der Waals surface area contributed by atoms with Crippen molar-refractivity contribution in [3.8, 4) is 0 Å². The van der Waals surface area contributed by atoms with Gasteiger partial charge in [-0.2, -0.15) is 0 Å². The molecule has 3 nitrogen and oxygen atoms in total. The Balaban J connectivity index is 2.44. The number of rotatable bonds is 3. The molecule has 0 bridgehead atoms. The van der Waals surface area contributed by atoms with Crippen molar-refractivity contribution < 1.29 is 9.53 Å². The normalized spacial score (nSPS) is 11.6. The third-order valence-corrected chi connectivity index (χ3v) is 2.63. The quantitative estimate of drug-likeness (QED) is 0.866. The van der Waals surface area contributed by atoms with Gasteiger partial charge in [-0.25, -0.2) is 4.79 Å². The van der Waals surface area contributed by atoms with Crippen molar-refractivity contribution in [3.05, 3.63) is 39.3 Å². The lowest BCUT2D eigenvalue weighted by Gasteiger charge is -2.19. The van der Waals surface area contributed by atoms with Gasteiger partial charge in [0.25, 0.3) is 0 Å². The average Bonchev–Trinajstić information content (AvgIpc) is 2.20. The van der Waals surface area contributed by atoms with Crippen LogP contribution in [0.15, 0.2) is 28.7 Å². The van der Waals surface area contributed by atoms with Crippen LogP contribution in [-0.4, -0.2) is 18.2 Å². The lowest BCUT2D eigenvalue weighted by molar-refractivity contribution is 0.0534. The maximum atomic E-state index is 11.4. The van der Waals surface area contributed by atoms with Gasteiger partial charge in [0.1, 0.15) is 5.60 Å². The fourth-order valence-corrected chi connectivity index (χ4v) is 2.21. The number of ether oxygens (including phenoxy) is 1. The molecule has 0 radical (unpaired) electrons. The first kappa shape index (κ1) is 16.1. The maximum Gasteiger partial charge on any atom is 0.407 e. The van der Waals surface area contributed by atoms with Crippen molar-refractivity contribution in [1.29, 1.82) is 0 Å². The number of nitrogens with one attached hydrogen (secondary N) is 1. The van der Waals surface area contributed by atoms with E-state index in [2.05, 4.69) is 21.2 Å². The van der Waals surface area contributed by atoms with Crippen LogP contribution >= 0.6 is 27.5 Å². The number of hydrogen-bond donors (Lipinski definition) is 1. The molecule has 0 saturated heterocycles. The predicted molar refractivity (Wildman–Crippen MR) is 82.4 cm³/mol. The fourth-order valence-electron chi connectivity index (χ4n) is 1.32. The number of amides is 1. The minimum absolute atomic E-state index is 0.402. The van der Waals surface area contributed by atoms with Gasteiger partial charge in [0.2, 0.25) is 0 Å². The third kappa shape index (κ3) is 7.23.